The van der Waals surface area contributed by atoms with Crippen molar-refractivity contribution in [2.24, 2.45) is 0 Å². The topological polar surface area (TPSA) is 65.3 Å². The Morgan fingerprint density at radius 1 is 1.12 bits per heavy atom. The van der Waals surface area contributed by atoms with E-state index >= 15 is 4.39 Å². The van der Waals surface area contributed by atoms with E-state index in [1.807, 2.05) is 29.7 Å². The van der Waals surface area contributed by atoms with Crippen molar-refractivity contribution in [2.45, 2.75) is 18.4 Å². The third-order valence-corrected chi connectivity index (χ3v) is 6.95. The summed E-state index contributed by atoms with van der Waals surface area (Å²) in [5, 5.41) is 8.39. The van der Waals surface area contributed by atoms with Gasteiger partial charge >= 0.3 is 0 Å². The Kier molecular flexibility index (Phi) is 5.90. The number of thioether (sulfide) groups is 1. The average Bonchev–Trinajstić information content (AvgIpc) is 3.45. The number of nitrogens with zero attached hydrogens (tertiary/aromatic N) is 5. The normalized spacial score (nSPS) is 13.0. The lowest BCUT2D eigenvalue weighted by molar-refractivity contribution is 0.206. The summed E-state index contributed by atoms with van der Waals surface area (Å²) in [4.78, 5) is 7.87. The lowest BCUT2D eigenvalue weighted by Crippen LogP contribution is -2.23. The predicted molar refractivity (Wildman–Crippen MR) is 128 cm³/mol. The van der Waals surface area contributed by atoms with Gasteiger partial charge in [-0.1, -0.05) is 6.07 Å². The largest absolute Gasteiger partial charge is 0.496 e. The summed E-state index contributed by atoms with van der Waals surface area (Å²) in [5.74, 6) is 1.14. The van der Waals surface area contributed by atoms with E-state index in [0.29, 0.717) is 29.1 Å². The van der Waals surface area contributed by atoms with Gasteiger partial charge in [-0.05, 0) is 30.7 Å². The summed E-state index contributed by atoms with van der Waals surface area (Å²) >= 11 is 1.73. The van der Waals surface area contributed by atoms with Crippen molar-refractivity contribution in [1.82, 2.24) is 19.7 Å². The molecule has 5 rings (SSSR count). The van der Waals surface area contributed by atoms with Crippen LogP contribution >= 0.6 is 11.8 Å². The molecule has 0 amide bonds. The average molecular weight is 466 g/mol. The van der Waals surface area contributed by atoms with Crippen LogP contribution in [0.25, 0.3) is 33.4 Å². The highest BCUT2D eigenvalue weighted by Gasteiger charge is 2.24. The van der Waals surface area contributed by atoms with Gasteiger partial charge in [0.2, 0.25) is 0 Å². The second kappa shape index (κ2) is 8.99. The van der Waals surface area contributed by atoms with Gasteiger partial charge in [0.05, 0.1) is 37.8 Å². The zero-order chi connectivity index (χ0) is 22.9. The summed E-state index contributed by atoms with van der Waals surface area (Å²) in [6.07, 6.45) is 3.43. The number of hydrogen-bond donors (Lipinski definition) is 0. The Morgan fingerprint density at radius 3 is 2.79 bits per heavy atom. The molecule has 3 heterocycles. The lowest BCUT2D eigenvalue weighted by Gasteiger charge is -2.19. The first-order valence-electron chi connectivity index (χ1n) is 10.7. The maximum atomic E-state index is 15.1. The number of aryl methyl sites for hydroxylation is 1. The summed E-state index contributed by atoms with van der Waals surface area (Å²) in [6, 6.07) is 9.07. The van der Waals surface area contributed by atoms with Gasteiger partial charge in [0.25, 0.3) is 0 Å². The van der Waals surface area contributed by atoms with Crippen molar-refractivity contribution in [3.05, 3.63) is 48.7 Å². The molecule has 2 aromatic heterocycles. The van der Waals surface area contributed by atoms with E-state index in [1.54, 1.807) is 44.6 Å². The van der Waals surface area contributed by atoms with Crippen LogP contribution in [-0.2, 0) is 11.3 Å². The van der Waals surface area contributed by atoms with Gasteiger partial charge in [-0.25, -0.2) is 9.37 Å². The molecule has 0 aliphatic carbocycles. The van der Waals surface area contributed by atoms with Gasteiger partial charge in [0.1, 0.15) is 17.1 Å². The maximum Gasteiger partial charge on any atom is 0.183 e. The van der Waals surface area contributed by atoms with Crippen LogP contribution < -0.4 is 9.64 Å². The van der Waals surface area contributed by atoms with Crippen molar-refractivity contribution in [1.29, 1.82) is 0 Å². The summed E-state index contributed by atoms with van der Waals surface area (Å²) < 4.78 is 28.0. The van der Waals surface area contributed by atoms with E-state index in [9.17, 15) is 0 Å². The van der Waals surface area contributed by atoms with E-state index in [0.717, 1.165) is 46.2 Å². The van der Waals surface area contributed by atoms with Gasteiger partial charge in [0, 0.05) is 47.9 Å². The van der Waals surface area contributed by atoms with Crippen LogP contribution in [0, 0.1) is 5.82 Å². The Bertz CT molecular complexity index is 1330. The molecule has 0 saturated carbocycles. The van der Waals surface area contributed by atoms with Crippen molar-refractivity contribution in [3.8, 4) is 28.0 Å². The molecule has 0 saturated heterocycles. The number of benzene rings is 2. The standard InChI is InChI=1S/C24H24FN5O2S/c1-4-29-13-26-23-18(12-27-28-24(23)29)15-5-6-19(25)16(9-15)17-10-22-20(11-21(17)32-3)30(14-33-22)7-8-31-2/h5-6,9-13H,4,7-8,14H2,1-3H3. The SMILES string of the molecule is CCn1cnc2c(-c3ccc(F)c(-c4cc5c(cc4OC)N(CCOC)CS5)c3)cnnc21. The minimum absolute atomic E-state index is 0.311. The molecule has 0 spiro atoms. The number of fused-ring (bicyclic) bond motifs is 2. The van der Waals surface area contributed by atoms with E-state index < -0.39 is 0 Å². The van der Waals surface area contributed by atoms with Crippen LogP contribution in [0.2, 0.25) is 0 Å². The Hall–Kier alpha value is -3.17. The van der Waals surface area contributed by atoms with Crippen LogP contribution in [0.5, 0.6) is 5.75 Å². The van der Waals surface area contributed by atoms with Gasteiger partial charge in [-0.15, -0.1) is 16.9 Å². The number of hydrogen-bond acceptors (Lipinski definition) is 7. The van der Waals surface area contributed by atoms with Gasteiger partial charge in [-0.3, -0.25) is 0 Å². The molecule has 0 unspecified atom stereocenters. The number of halogens is 1. The second-order valence-corrected chi connectivity index (χ2v) is 8.69. The third-order valence-electron chi connectivity index (χ3n) is 5.88. The molecule has 9 heteroatoms. The number of aromatic nitrogens is 4. The molecule has 7 nitrogen and oxygen atoms in total. The van der Waals surface area contributed by atoms with Crippen LogP contribution in [0.3, 0.4) is 0 Å². The van der Waals surface area contributed by atoms with E-state index in [2.05, 4.69) is 20.1 Å². The molecule has 170 valence electrons. The minimum Gasteiger partial charge on any atom is -0.496 e. The number of imidazole rings is 1. The molecular weight excluding hydrogens is 441 g/mol. The molecule has 0 radical (unpaired) electrons. The van der Waals surface area contributed by atoms with Crippen LogP contribution in [-0.4, -0.2) is 53.0 Å². The minimum atomic E-state index is -0.311. The molecule has 0 N–H and O–H groups in total. The summed E-state index contributed by atoms with van der Waals surface area (Å²) in [7, 11) is 3.31. The monoisotopic (exact) mass is 465 g/mol. The molecule has 0 fully saturated rings. The first-order chi connectivity index (χ1) is 16.1. The highest BCUT2D eigenvalue weighted by molar-refractivity contribution is 7.99. The van der Waals surface area contributed by atoms with Gasteiger partial charge in [-0.2, -0.15) is 5.10 Å². The zero-order valence-electron chi connectivity index (χ0n) is 18.7. The number of anilines is 1. The van der Waals surface area contributed by atoms with Crippen molar-refractivity contribution >= 4 is 28.6 Å². The van der Waals surface area contributed by atoms with Crippen LogP contribution in [0.15, 0.2) is 47.8 Å². The number of rotatable bonds is 7. The first-order valence-corrected chi connectivity index (χ1v) is 11.7. The van der Waals surface area contributed by atoms with E-state index in [4.69, 9.17) is 9.47 Å². The molecule has 2 aromatic carbocycles. The smallest absolute Gasteiger partial charge is 0.183 e. The Labute approximate surface area is 195 Å². The molecule has 0 atom stereocenters. The quantitative estimate of drug-likeness (QED) is 0.387. The molecule has 1 aliphatic heterocycles. The summed E-state index contributed by atoms with van der Waals surface area (Å²) in [5.41, 5.74) is 5.37. The fourth-order valence-electron chi connectivity index (χ4n) is 4.11. The predicted octanol–water partition coefficient (Wildman–Crippen LogP) is 4.84. The lowest BCUT2D eigenvalue weighted by atomic mass is 9.98. The fraction of sp³-hybridized carbons (Fsp3) is 0.292. The maximum absolute atomic E-state index is 15.1. The van der Waals surface area contributed by atoms with Crippen LogP contribution in [0.4, 0.5) is 10.1 Å². The van der Waals surface area contributed by atoms with Crippen molar-refractivity contribution in [2.75, 3.05) is 38.1 Å². The summed E-state index contributed by atoms with van der Waals surface area (Å²) in [6.45, 7) is 4.20. The Balaban J connectivity index is 1.61. The van der Waals surface area contributed by atoms with E-state index in [-0.39, 0.29) is 5.82 Å². The third kappa shape index (κ3) is 3.81. The van der Waals surface area contributed by atoms with Crippen molar-refractivity contribution < 1.29 is 13.9 Å². The van der Waals surface area contributed by atoms with Crippen molar-refractivity contribution in [3.63, 3.8) is 0 Å². The fourth-order valence-corrected chi connectivity index (χ4v) is 5.21. The highest BCUT2D eigenvalue weighted by Crippen LogP contribution is 2.46. The number of methoxy groups -OCH3 is 2. The van der Waals surface area contributed by atoms with E-state index in [1.165, 1.54) is 6.07 Å². The molecule has 4 aromatic rings. The molecular formula is C24H24FN5O2S. The van der Waals surface area contributed by atoms with Gasteiger partial charge in [0.15, 0.2) is 5.65 Å². The molecule has 0 bridgehead atoms. The Morgan fingerprint density at radius 2 is 2.00 bits per heavy atom. The highest BCUT2D eigenvalue weighted by atomic mass is 32.2. The van der Waals surface area contributed by atoms with Gasteiger partial charge < -0.3 is 18.9 Å². The first kappa shape index (κ1) is 21.7. The molecule has 33 heavy (non-hydrogen) atoms. The second-order valence-electron chi connectivity index (χ2n) is 7.71. The zero-order valence-corrected chi connectivity index (χ0v) is 19.5. The molecule has 1 aliphatic rings. The van der Waals surface area contributed by atoms with Crippen LogP contribution in [0.1, 0.15) is 6.92 Å². The number of ether oxygens (including phenoxy) is 2.